The molecule has 0 atom stereocenters. The first kappa shape index (κ1) is 20.1. The number of aromatic hydroxyl groups is 1. The Morgan fingerprint density at radius 2 is 2.06 bits per heavy atom. The van der Waals surface area contributed by atoms with Gasteiger partial charge in [-0.1, -0.05) is 25.1 Å². The van der Waals surface area contributed by atoms with E-state index in [1.54, 1.807) is 24.3 Å². The average molecular weight is 445 g/mol. The molecule has 3 N–H and O–H groups in total. The van der Waals surface area contributed by atoms with Crippen LogP contribution in [0.15, 0.2) is 42.6 Å². The van der Waals surface area contributed by atoms with Crippen molar-refractivity contribution in [3.63, 3.8) is 0 Å². The first-order valence-corrected chi connectivity index (χ1v) is 11.2. The van der Waals surface area contributed by atoms with Crippen LogP contribution >= 0.6 is 0 Å². The third-order valence-electron chi connectivity index (χ3n) is 6.67. The zero-order chi connectivity index (χ0) is 22.5. The van der Waals surface area contributed by atoms with Gasteiger partial charge >= 0.3 is 0 Å². The van der Waals surface area contributed by atoms with Gasteiger partial charge in [-0.05, 0) is 41.3 Å². The van der Waals surface area contributed by atoms with Gasteiger partial charge in [0, 0.05) is 24.0 Å². The highest BCUT2D eigenvalue weighted by molar-refractivity contribution is 5.95. The molecule has 2 aromatic carbocycles. The Hall–Kier alpha value is -3.49. The number of aryl methyl sites for hydroxylation is 1. The Balaban J connectivity index is 1.32. The van der Waals surface area contributed by atoms with Gasteiger partial charge in [-0.3, -0.25) is 10.00 Å². The number of halogens is 1. The molecule has 1 saturated heterocycles. The molecule has 7 nitrogen and oxygen atoms in total. The van der Waals surface area contributed by atoms with Gasteiger partial charge in [0.1, 0.15) is 17.0 Å². The second-order valence-corrected chi connectivity index (χ2v) is 8.61. The predicted octanol–water partition coefficient (Wildman–Crippen LogP) is 4.12. The van der Waals surface area contributed by atoms with Gasteiger partial charge in [-0.15, -0.1) is 0 Å². The van der Waals surface area contributed by atoms with Crippen LogP contribution in [-0.4, -0.2) is 62.5 Å². The molecular formula is C25H24FN5O2. The van der Waals surface area contributed by atoms with Crippen LogP contribution in [0, 0.1) is 5.82 Å². The second kappa shape index (κ2) is 7.83. The molecular weight excluding hydrogens is 421 g/mol. The van der Waals surface area contributed by atoms with Crippen molar-refractivity contribution in [3.8, 4) is 28.4 Å². The normalized spacial score (nSPS) is 17.0. The van der Waals surface area contributed by atoms with Gasteiger partial charge in [0.25, 0.3) is 0 Å². The van der Waals surface area contributed by atoms with Crippen LogP contribution in [0.4, 0.5) is 4.39 Å². The summed E-state index contributed by atoms with van der Waals surface area (Å²) < 4.78 is 20.8. The number of aromatic amines is 2. The zero-order valence-corrected chi connectivity index (χ0v) is 18.2. The molecule has 0 radical (unpaired) electrons. The Bertz CT molecular complexity index is 1380. The van der Waals surface area contributed by atoms with Crippen molar-refractivity contribution < 1.29 is 14.2 Å². The molecule has 2 aliphatic rings. The molecule has 0 amide bonds. The number of H-pyrrole nitrogens is 2. The zero-order valence-electron chi connectivity index (χ0n) is 18.2. The van der Waals surface area contributed by atoms with E-state index in [4.69, 9.17) is 4.74 Å². The van der Waals surface area contributed by atoms with Crippen LogP contribution in [0.3, 0.4) is 0 Å². The average Bonchev–Trinajstić information content (AvgIpc) is 3.52. The summed E-state index contributed by atoms with van der Waals surface area (Å²) in [6, 6.07) is 9.14. The summed E-state index contributed by atoms with van der Waals surface area (Å²) in [7, 11) is 0. The lowest BCUT2D eigenvalue weighted by Gasteiger charge is -2.34. The van der Waals surface area contributed by atoms with E-state index < -0.39 is 0 Å². The van der Waals surface area contributed by atoms with Crippen molar-refractivity contribution in [1.82, 2.24) is 25.1 Å². The third-order valence-corrected chi connectivity index (χ3v) is 6.67. The molecule has 0 spiro atoms. The maximum absolute atomic E-state index is 15.5. The molecule has 33 heavy (non-hydrogen) atoms. The monoisotopic (exact) mass is 445 g/mol. The van der Waals surface area contributed by atoms with Crippen molar-refractivity contribution in [2.75, 3.05) is 26.3 Å². The number of hydrogen-bond donors (Lipinski definition) is 3. The molecule has 1 fully saturated rings. The fourth-order valence-corrected chi connectivity index (χ4v) is 4.67. The number of benzene rings is 2. The van der Waals surface area contributed by atoms with Crippen LogP contribution < -0.4 is 0 Å². The summed E-state index contributed by atoms with van der Waals surface area (Å²) in [5, 5.41) is 17.7. The quantitative estimate of drug-likeness (QED) is 0.430. The summed E-state index contributed by atoms with van der Waals surface area (Å²) in [5.74, 6) is 0.415. The highest BCUT2D eigenvalue weighted by atomic mass is 19.1. The molecule has 0 aliphatic carbocycles. The first-order valence-electron chi connectivity index (χ1n) is 11.2. The standard InChI is InChI=1S/C25H24FN5O2/c1-2-14-9-17(32)3-4-18(14)19-5-6-20-23(22(19)26)29-30-24(20)25-27-10-21(28-25)15-7-8-31(11-15)16-12-33-13-16/h3-7,9-10,16,32H,2,8,11-13H2,1H3,(H,27,28)(H,29,30). The topological polar surface area (TPSA) is 90.1 Å². The Morgan fingerprint density at radius 1 is 1.21 bits per heavy atom. The number of fused-ring (bicyclic) bond motifs is 1. The summed E-state index contributed by atoms with van der Waals surface area (Å²) in [6.07, 6.45) is 4.72. The SMILES string of the molecule is CCc1cc(O)ccc1-c1ccc2c(-c3ncc(C4=CCN(C5COC5)C4)[nH]3)[nH]nc2c1F. The molecule has 168 valence electrons. The second-order valence-electron chi connectivity index (χ2n) is 8.61. The first-order chi connectivity index (χ1) is 16.1. The lowest BCUT2D eigenvalue weighted by Crippen LogP contribution is -2.47. The minimum Gasteiger partial charge on any atom is -0.508 e. The fraction of sp³-hybridized carbons (Fsp3) is 0.280. The summed E-state index contributed by atoms with van der Waals surface area (Å²) in [4.78, 5) is 10.3. The number of aromatic nitrogens is 4. The van der Waals surface area contributed by atoms with Crippen molar-refractivity contribution >= 4 is 16.5 Å². The Labute approximate surface area is 189 Å². The van der Waals surface area contributed by atoms with Crippen molar-refractivity contribution in [2.24, 2.45) is 0 Å². The van der Waals surface area contributed by atoms with Crippen LogP contribution in [0.5, 0.6) is 5.75 Å². The Morgan fingerprint density at radius 3 is 2.85 bits per heavy atom. The number of phenols is 1. The predicted molar refractivity (Wildman–Crippen MR) is 124 cm³/mol. The molecule has 0 bridgehead atoms. The molecule has 0 unspecified atom stereocenters. The number of rotatable bonds is 5. The molecule has 8 heteroatoms. The van der Waals surface area contributed by atoms with Gasteiger partial charge in [0.2, 0.25) is 0 Å². The van der Waals surface area contributed by atoms with E-state index in [9.17, 15) is 5.11 Å². The van der Waals surface area contributed by atoms with Gasteiger partial charge < -0.3 is 14.8 Å². The van der Waals surface area contributed by atoms with E-state index in [0.717, 1.165) is 43.1 Å². The number of nitrogens with one attached hydrogen (secondary N) is 2. The highest BCUT2D eigenvalue weighted by Crippen LogP contribution is 2.35. The molecule has 4 aromatic rings. The van der Waals surface area contributed by atoms with Crippen molar-refractivity contribution in [2.45, 2.75) is 19.4 Å². The summed E-state index contributed by atoms with van der Waals surface area (Å²) in [6.45, 7) is 5.36. The number of hydrogen-bond acceptors (Lipinski definition) is 5. The maximum atomic E-state index is 15.5. The van der Waals surface area contributed by atoms with Crippen LogP contribution in [0.2, 0.25) is 0 Å². The molecule has 2 aliphatic heterocycles. The van der Waals surface area contributed by atoms with E-state index in [1.807, 2.05) is 19.2 Å². The summed E-state index contributed by atoms with van der Waals surface area (Å²) >= 11 is 0. The minimum atomic E-state index is -0.390. The smallest absolute Gasteiger partial charge is 0.159 e. The number of phenolic OH excluding ortho intramolecular Hbond substituents is 1. The lowest BCUT2D eigenvalue weighted by atomic mass is 9.96. The van der Waals surface area contributed by atoms with E-state index in [-0.39, 0.29) is 17.1 Å². The highest BCUT2D eigenvalue weighted by Gasteiger charge is 2.29. The molecule has 2 aromatic heterocycles. The lowest BCUT2D eigenvalue weighted by molar-refractivity contribution is -0.0547. The van der Waals surface area contributed by atoms with Gasteiger partial charge in [-0.25, -0.2) is 9.37 Å². The Kier molecular flexibility index (Phi) is 4.78. The van der Waals surface area contributed by atoms with E-state index >= 15 is 4.39 Å². The van der Waals surface area contributed by atoms with E-state index in [0.29, 0.717) is 34.9 Å². The van der Waals surface area contributed by atoms with Gasteiger partial charge in [0.05, 0.1) is 31.1 Å². The largest absolute Gasteiger partial charge is 0.508 e. The third kappa shape index (κ3) is 3.34. The van der Waals surface area contributed by atoms with Crippen molar-refractivity contribution in [1.29, 1.82) is 0 Å². The van der Waals surface area contributed by atoms with E-state index in [1.165, 1.54) is 5.57 Å². The fourth-order valence-electron chi connectivity index (χ4n) is 4.67. The maximum Gasteiger partial charge on any atom is 0.159 e. The van der Waals surface area contributed by atoms with E-state index in [2.05, 4.69) is 31.1 Å². The van der Waals surface area contributed by atoms with Crippen molar-refractivity contribution in [3.05, 3.63) is 59.7 Å². The van der Waals surface area contributed by atoms with Crippen LogP contribution in [0.1, 0.15) is 18.2 Å². The number of imidazole rings is 1. The molecule has 4 heterocycles. The van der Waals surface area contributed by atoms with Gasteiger partial charge in [-0.2, -0.15) is 5.10 Å². The molecule has 6 rings (SSSR count). The van der Waals surface area contributed by atoms with Crippen LogP contribution in [0.25, 0.3) is 39.1 Å². The summed E-state index contributed by atoms with van der Waals surface area (Å²) in [5.41, 5.74) is 5.20. The number of ether oxygens (including phenoxy) is 1. The van der Waals surface area contributed by atoms with Crippen LogP contribution in [-0.2, 0) is 11.2 Å². The molecule has 0 saturated carbocycles. The van der Waals surface area contributed by atoms with Gasteiger partial charge in [0.15, 0.2) is 11.6 Å². The number of nitrogens with zero attached hydrogens (tertiary/aromatic N) is 3. The minimum absolute atomic E-state index is 0.175.